The Morgan fingerprint density at radius 1 is 0.978 bits per heavy atom. The lowest BCUT2D eigenvalue weighted by atomic mass is 9.99. The van der Waals surface area contributed by atoms with E-state index in [1.165, 1.54) is 33.9 Å². The summed E-state index contributed by atoms with van der Waals surface area (Å²) in [5.74, 6) is 9.00. The molecule has 6 rings (SSSR count). The molecule has 2 amide bonds. The van der Waals surface area contributed by atoms with Crippen LogP contribution in [-0.2, 0) is 32.6 Å². The van der Waals surface area contributed by atoms with Crippen molar-refractivity contribution in [2.24, 2.45) is 5.73 Å². The number of aryl methyl sites for hydroxylation is 2. The number of halogens is 1. The Morgan fingerprint density at radius 2 is 1.78 bits per heavy atom. The molecule has 0 atom stereocenters. The first kappa shape index (κ1) is 32.2. The van der Waals surface area contributed by atoms with Crippen molar-refractivity contribution in [1.29, 1.82) is 0 Å². The summed E-state index contributed by atoms with van der Waals surface area (Å²) in [6.45, 7) is 9.04. The largest absolute Gasteiger partial charge is 0.351 e. The van der Waals surface area contributed by atoms with Crippen molar-refractivity contribution in [2.45, 2.75) is 45.9 Å². The van der Waals surface area contributed by atoms with Crippen molar-refractivity contribution in [3.05, 3.63) is 111 Å². The Labute approximate surface area is 281 Å². The number of nitrogens with one attached hydrogen (secondary N) is 1. The fourth-order valence-electron chi connectivity index (χ4n) is 6.15. The van der Waals surface area contributed by atoms with E-state index in [0.717, 1.165) is 80.1 Å². The minimum absolute atomic E-state index is 0.400. The van der Waals surface area contributed by atoms with Gasteiger partial charge in [0.25, 0.3) is 0 Å². The minimum Gasteiger partial charge on any atom is -0.351 e. The number of nitrogens with two attached hydrogens (primary N) is 1. The van der Waals surface area contributed by atoms with Crippen molar-refractivity contribution >= 4 is 29.4 Å². The number of benzene rings is 3. The van der Waals surface area contributed by atoms with Crippen LogP contribution in [0.1, 0.15) is 45.5 Å². The van der Waals surface area contributed by atoms with Gasteiger partial charge in [-0.05, 0) is 55.3 Å². The van der Waals surface area contributed by atoms with E-state index in [4.69, 9.17) is 22.4 Å². The Balaban J connectivity index is 1.16. The van der Waals surface area contributed by atoms with Gasteiger partial charge in [-0.15, -0.1) is 0 Å². The highest BCUT2D eigenvalue weighted by Crippen LogP contribution is 2.32. The van der Waals surface area contributed by atoms with Crippen LogP contribution < -0.4 is 11.1 Å². The van der Waals surface area contributed by atoms with Crippen LogP contribution in [0.25, 0.3) is 11.3 Å². The molecule has 0 bridgehead atoms. The van der Waals surface area contributed by atoms with E-state index in [1.807, 2.05) is 42.1 Å². The van der Waals surface area contributed by atoms with Gasteiger partial charge in [0.1, 0.15) is 0 Å². The zero-order chi connectivity index (χ0) is 31.9. The normalized spacial score (nSPS) is 14.9. The van der Waals surface area contributed by atoms with Gasteiger partial charge in [-0.25, -0.2) is 4.79 Å². The SMILES string of the molecule is Cc1cccc(CNCc2ccc(C#Cc3cc(-c4nn(CCCN5CCSCC5)c5c4CN(C(N)=O)CC5)ccc3Cl)cc2)c1. The van der Waals surface area contributed by atoms with Crippen LogP contribution in [0.4, 0.5) is 4.79 Å². The number of carbonyl (C=O) groups excluding carboxylic acids is 1. The second-order valence-corrected chi connectivity index (χ2v) is 13.7. The molecule has 0 unspecified atom stereocenters. The van der Waals surface area contributed by atoms with Crippen LogP contribution in [0.3, 0.4) is 0 Å². The lowest BCUT2D eigenvalue weighted by Crippen LogP contribution is -2.39. The van der Waals surface area contributed by atoms with Crippen LogP contribution in [0.15, 0.2) is 66.7 Å². The molecule has 2 aliphatic heterocycles. The number of urea groups is 1. The maximum Gasteiger partial charge on any atom is 0.315 e. The van der Waals surface area contributed by atoms with E-state index < -0.39 is 6.03 Å². The predicted octanol–water partition coefficient (Wildman–Crippen LogP) is 6.08. The quantitative estimate of drug-likeness (QED) is 0.215. The number of primary amides is 1. The van der Waals surface area contributed by atoms with Gasteiger partial charge in [-0.3, -0.25) is 4.68 Å². The Kier molecular flexibility index (Phi) is 10.7. The summed E-state index contributed by atoms with van der Waals surface area (Å²) in [5.41, 5.74) is 15.2. The third-order valence-corrected chi connectivity index (χ3v) is 9.94. The second kappa shape index (κ2) is 15.2. The molecule has 238 valence electrons. The molecule has 0 radical (unpaired) electrons. The van der Waals surface area contributed by atoms with Crippen LogP contribution >= 0.6 is 23.4 Å². The van der Waals surface area contributed by atoms with Crippen molar-refractivity contribution in [3.63, 3.8) is 0 Å². The van der Waals surface area contributed by atoms with Gasteiger partial charge in [-0.1, -0.05) is 71.5 Å². The molecule has 7 nitrogen and oxygen atoms in total. The summed E-state index contributed by atoms with van der Waals surface area (Å²) in [5, 5.41) is 9.22. The standard InChI is InChI=1S/C37H41ClN6OS/c1-27-4-2-5-30(22-27)25-40-24-29-8-6-28(7-9-29)10-11-31-23-32(12-13-34(31)38)36-33-26-43(37(39)45)17-14-35(33)44(41-36)16-3-15-42-18-20-46-21-19-42/h2,4-9,12-13,22-23,40H,3,14-21,24-26H2,1H3,(H2,39,45). The third kappa shape index (κ3) is 8.15. The number of aromatic nitrogens is 2. The molecule has 9 heteroatoms. The first-order valence-electron chi connectivity index (χ1n) is 16.0. The van der Waals surface area contributed by atoms with Crippen LogP contribution in [-0.4, -0.2) is 63.3 Å². The molecule has 4 aromatic rings. The molecule has 0 saturated carbocycles. The second-order valence-electron chi connectivity index (χ2n) is 12.0. The number of carbonyl (C=O) groups is 1. The molecule has 0 spiro atoms. The van der Waals surface area contributed by atoms with Gasteiger partial charge in [-0.2, -0.15) is 16.9 Å². The number of hydrogen-bond acceptors (Lipinski definition) is 5. The highest BCUT2D eigenvalue weighted by atomic mass is 35.5. The number of rotatable bonds is 9. The zero-order valence-electron chi connectivity index (χ0n) is 26.4. The van der Waals surface area contributed by atoms with Gasteiger partial charge in [0.2, 0.25) is 0 Å². The average molecular weight is 653 g/mol. The smallest absolute Gasteiger partial charge is 0.315 e. The molecule has 3 heterocycles. The number of nitrogens with zero attached hydrogens (tertiary/aromatic N) is 4. The Morgan fingerprint density at radius 3 is 2.57 bits per heavy atom. The van der Waals surface area contributed by atoms with Crippen molar-refractivity contribution < 1.29 is 4.79 Å². The summed E-state index contributed by atoms with van der Waals surface area (Å²) < 4.78 is 2.15. The van der Waals surface area contributed by atoms with Gasteiger partial charge in [0.15, 0.2) is 0 Å². The molecule has 1 fully saturated rings. The summed E-state index contributed by atoms with van der Waals surface area (Å²) in [7, 11) is 0. The fraction of sp³-hybridized carbons (Fsp3) is 0.351. The molecule has 0 aliphatic carbocycles. The highest BCUT2D eigenvalue weighted by molar-refractivity contribution is 7.99. The summed E-state index contributed by atoms with van der Waals surface area (Å²) in [6.07, 6.45) is 1.78. The van der Waals surface area contributed by atoms with Gasteiger partial charge in [0, 0.05) is 85.1 Å². The van der Waals surface area contributed by atoms with E-state index in [-0.39, 0.29) is 0 Å². The molecule has 1 saturated heterocycles. The van der Waals surface area contributed by atoms with Crippen LogP contribution in [0.2, 0.25) is 5.02 Å². The van der Waals surface area contributed by atoms with E-state index >= 15 is 0 Å². The molecule has 46 heavy (non-hydrogen) atoms. The summed E-state index contributed by atoms with van der Waals surface area (Å²) >= 11 is 8.67. The Bertz CT molecular complexity index is 1740. The van der Waals surface area contributed by atoms with E-state index in [9.17, 15) is 4.79 Å². The number of amides is 2. The molecular weight excluding hydrogens is 612 g/mol. The number of hydrogen-bond donors (Lipinski definition) is 2. The lowest BCUT2D eigenvalue weighted by molar-refractivity contribution is 0.201. The van der Waals surface area contributed by atoms with E-state index in [0.29, 0.717) is 18.1 Å². The molecule has 2 aliphatic rings. The van der Waals surface area contributed by atoms with Gasteiger partial charge >= 0.3 is 6.03 Å². The van der Waals surface area contributed by atoms with Crippen molar-refractivity contribution in [3.8, 4) is 23.1 Å². The topological polar surface area (TPSA) is 79.4 Å². The van der Waals surface area contributed by atoms with Crippen molar-refractivity contribution in [1.82, 2.24) is 24.9 Å². The fourth-order valence-corrected chi connectivity index (χ4v) is 7.30. The zero-order valence-corrected chi connectivity index (χ0v) is 28.0. The van der Waals surface area contributed by atoms with Crippen LogP contribution in [0.5, 0.6) is 0 Å². The van der Waals surface area contributed by atoms with E-state index in [2.05, 4.69) is 70.1 Å². The maximum atomic E-state index is 12.1. The number of fused-ring (bicyclic) bond motifs is 1. The average Bonchev–Trinajstić information content (AvgIpc) is 3.43. The van der Waals surface area contributed by atoms with E-state index in [1.54, 1.807) is 4.90 Å². The molecule has 3 N–H and O–H groups in total. The first-order chi connectivity index (χ1) is 22.4. The summed E-state index contributed by atoms with van der Waals surface area (Å²) in [4.78, 5) is 16.3. The predicted molar refractivity (Wildman–Crippen MR) is 189 cm³/mol. The minimum atomic E-state index is -0.400. The van der Waals surface area contributed by atoms with Crippen LogP contribution in [0, 0.1) is 18.8 Å². The lowest BCUT2D eigenvalue weighted by Gasteiger charge is -2.27. The monoisotopic (exact) mass is 652 g/mol. The highest BCUT2D eigenvalue weighted by Gasteiger charge is 2.27. The number of thioether (sulfide) groups is 1. The Hall–Kier alpha value is -3.74. The third-order valence-electron chi connectivity index (χ3n) is 8.67. The molecule has 1 aromatic heterocycles. The first-order valence-corrected chi connectivity index (χ1v) is 17.6. The molecular formula is C37H41ClN6OS. The summed E-state index contributed by atoms with van der Waals surface area (Å²) in [6, 6.07) is 22.4. The van der Waals surface area contributed by atoms with Gasteiger partial charge in [0.05, 0.1) is 17.3 Å². The molecule has 3 aromatic carbocycles. The maximum absolute atomic E-state index is 12.1. The van der Waals surface area contributed by atoms with Gasteiger partial charge < -0.3 is 20.9 Å². The van der Waals surface area contributed by atoms with Crippen molar-refractivity contribution in [2.75, 3.05) is 37.7 Å².